The first kappa shape index (κ1) is 22.0. The van der Waals surface area contributed by atoms with Crippen LogP contribution in [0.1, 0.15) is 54.4 Å². The number of carbonyl (C=O) groups excluding carboxylic acids is 3. The van der Waals surface area contributed by atoms with E-state index in [1.807, 2.05) is 27.7 Å². The molecule has 1 saturated heterocycles. The van der Waals surface area contributed by atoms with Gasteiger partial charge in [0.05, 0.1) is 7.11 Å². The number of carbonyl (C=O) groups is 3. The minimum Gasteiger partial charge on any atom is -0.466 e. The Bertz CT molecular complexity index is 508. The summed E-state index contributed by atoms with van der Waals surface area (Å²) >= 11 is 0.845. The summed E-state index contributed by atoms with van der Waals surface area (Å²) in [4.78, 5) is 34.4. The van der Waals surface area contributed by atoms with E-state index in [1.54, 1.807) is 0 Å². The van der Waals surface area contributed by atoms with Crippen molar-refractivity contribution >= 4 is 28.8 Å². The molecule has 0 saturated carbocycles. The summed E-state index contributed by atoms with van der Waals surface area (Å²) in [6, 6.07) is 0. The molecule has 144 valence electrons. The highest BCUT2D eigenvalue weighted by molar-refractivity contribution is 8.15. The van der Waals surface area contributed by atoms with Gasteiger partial charge in [-0.05, 0) is 35.9 Å². The lowest BCUT2D eigenvalue weighted by Crippen LogP contribution is -2.56. The lowest BCUT2D eigenvalue weighted by atomic mass is 9.78. The van der Waals surface area contributed by atoms with Gasteiger partial charge in [0, 0.05) is 20.3 Å². The van der Waals surface area contributed by atoms with Crippen LogP contribution < -0.4 is 0 Å². The molecule has 1 aliphatic heterocycles. The molecule has 1 fully saturated rings. The summed E-state index contributed by atoms with van der Waals surface area (Å²) in [5.74, 6) is -0.765. The quantitative estimate of drug-likeness (QED) is 0.661. The molecule has 0 amide bonds. The minimum absolute atomic E-state index is 0.0549. The van der Waals surface area contributed by atoms with E-state index in [-0.39, 0.29) is 28.8 Å². The summed E-state index contributed by atoms with van der Waals surface area (Å²) in [7, 11) is 1.28. The lowest BCUT2D eigenvalue weighted by molar-refractivity contribution is -0.205. The molecular weight excluding hydrogens is 344 g/mol. The zero-order valence-corrected chi connectivity index (χ0v) is 17.0. The Labute approximate surface area is 154 Å². The molecular formula is C18H30O6S. The van der Waals surface area contributed by atoms with Crippen molar-refractivity contribution in [2.24, 2.45) is 17.8 Å². The standard InChI is InChI=1S/C18H30O6S/c1-8-10(2)15(23-13(5)19)16-12(4)11(3)9-18(24-16,17(21)22-7)25-14(6)20/h10-12,15-16H,8-9H2,1-7H3/t10-,11-,12-,15-,16?,18+/m1/s1. The van der Waals surface area contributed by atoms with Crippen molar-refractivity contribution in [1.29, 1.82) is 0 Å². The Morgan fingerprint density at radius 2 is 1.88 bits per heavy atom. The van der Waals surface area contributed by atoms with Gasteiger partial charge in [-0.25, -0.2) is 4.79 Å². The highest BCUT2D eigenvalue weighted by atomic mass is 32.2. The molecule has 1 aliphatic rings. The van der Waals surface area contributed by atoms with Crippen molar-refractivity contribution in [2.45, 2.75) is 71.5 Å². The molecule has 0 aromatic rings. The fraction of sp³-hybridized carbons (Fsp3) is 0.833. The van der Waals surface area contributed by atoms with E-state index in [0.717, 1.165) is 18.2 Å². The molecule has 1 heterocycles. The average molecular weight is 374 g/mol. The summed E-state index contributed by atoms with van der Waals surface area (Å²) < 4.78 is 16.7. The van der Waals surface area contributed by atoms with Gasteiger partial charge in [0.25, 0.3) is 0 Å². The van der Waals surface area contributed by atoms with Crippen LogP contribution in [-0.2, 0) is 28.6 Å². The summed E-state index contributed by atoms with van der Waals surface area (Å²) in [6.07, 6.45) is 0.184. The van der Waals surface area contributed by atoms with Gasteiger partial charge in [-0.15, -0.1) is 0 Å². The van der Waals surface area contributed by atoms with E-state index in [9.17, 15) is 14.4 Å². The molecule has 1 unspecified atom stereocenters. The third-order valence-corrected chi connectivity index (χ3v) is 6.02. The number of hydrogen-bond donors (Lipinski definition) is 0. The van der Waals surface area contributed by atoms with Crippen molar-refractivity contribution in [3.8, 4) is 0 Å². The maximum atomic E-state index is 12.5. The Balaban J connectivity index is 3.28. The third-order valence-electron chi connectivity index (χ3n) is 4.97. The molecule has 0 aromatic carbocycles. The van der Waals surface area contributed by atoms with Crippen LogP contribution in [-0.4, -0.2) is 41.3 Å². The van der Waals surface area contributed by atoms with Crippen LogP contribution in [0, 0.1) is 17.8 Å². The first-order valence-electron chi connectivity index (χ1n) is 8.71. The van der Waals surface area contributed by atoms with Crippen LogP contribution in [0.4, 0.5) is 0 Å². The molecule has 0 aromatic heterocycles. The monoisotopic (exact) mass is 374 g/mol. The number of methoxy groups -OCH3 is 1. The number of rotatable bonds is 6. The van der Waals surface area contributed by atoms with Gasteiger partial charge in [-0.2, -0.15) is 0 Å². The molecule has 0 N–H and O–H groups in total. The smallest absolute Gasteiger partial charge is 0.349 e. The highest BCUT2D eigenvalue weighted by Crippen LogP contribution is 2.46. The number of ether oxygens (including phenoxy) is 3. The van der Waals surface area contributed by atoms with Crippen LogP contribution in [0.3, 0.4) is 0 Å². The van der Waals surface area contributed by atoms with Crippen LogP contribution in [0.5, 0.6) is 0 Å². The Hall–Kier alpha value is -1.08. The molecule has 0 bridgehead atoms. The van der Waals surface area contributed by atoms with Gasteiger partial charge in [0.1, 0.15) is 12.2 Å². The minimum atomic E-state index is -1.40. The van der Waals surface area contributed by atoms with Gasteiger partial charge >= 0.3 is 11.9 Å². The first-order valence-corrected chi connectivity index (χ1v) is 9.52. The Morgan fingerprint density at radius 3 is 2.32 bits per heavy atom. The zero-order chi connectivity index (χ0) is 19.4. The summed E-state index contributed by atoms with van der Waals surface area (Å²) in [5.41, 5.74) is 0. The maximum absolute atomic E-state index is 12.5. The van der Waals surface area contributed by atoms with E-state index in [1.165, 1.54) is 21.0 Å². The Morgan fingerprint density at radius 1 is 1.28 bits per heavy atom. The van der Waals surface area contributed by atoms with Gasteiger partial charge < -0.3 is 14.2 Å². The summed E-state index contributed by atoms with van der Waals surface area (Å²) in [6.45, 7) is 10.8. The second-order valence-corrected chi connectivity index (χ2v) is 8.36. The van der Waals surface area contributed by atoms with E-state index in [0.29, 0.717) is 6.42 Å². The van der Waals surface area contributed by atoms with E-state index < -0.39 is 23.1 Å². The van der Waals surface area contributed by atoms with E-state index >= 15 is 0 Å². The maximum Gasteiger partial charge on any atom is 0.349 e. The van der Waals surface area contributed by atoms with E-state index in [2.05, 4.69) is 0 Å². The molecule has 6 nitrogen and oxygen atoms in total. The average Bonchev–Trinajstić information content (AvgIpc) is 2.53. The second-order valence-electron chi connectivity index (χ2n) is 6.92. The largest absolute Gasteiger partial charge is 0.466 e. The van der Waals surface area contributed by atoms with Gasteiger partial charge in [-0.3, -0.25) is 9.59 Å². The van der Waals surface area contributed by atoms with Gasteiger partial charge in [-0.1, -0.05) is 27.7 Å². The van der Waals surface area contributed by atoms with Crippen LogP contribution in [0.2, 0.25) is 0 Å². The van der Waals surface area contributed by atoms with Crippen molar-refractivity contribution in [3.63, 3.8) is 0 Å². The Kier molecular flexibility index (Phi) is 7.93. The molecule has 25 heavy (non-hydrogen) atoms. The fourth-order valence-electron chi connectivity index (χ4n) is 3.23. The topological polar surface area (TPSA) is 78.9 Å². The molecule has 7 heteroatoms. The van der Waals surface area contributed by atoms with Crippen molar-refractivity contribution in [3.05, 3.63) is 0 Å². The van der Waals surface area contributed by atoms with Crippen LogP contribution in [0.25, 0.3) is 0 Å². The predicted octanol–water partition coefficient (Wildman–Crippen LogP) is 3.17. The van der Waals surface area contributed by atoms with Gasteiger partial charge in [0.15, 0.2) is 5.12 Å². The van der Waals surface area contributed by atoms with Crippen LogP contribution in [0.15, 0.2) is 0 Å². The van der Waals surface area contributed by atoms with Crippen molar-refractivity contribution in [1.82, 2.24) is 0 Å². The molecule has 0 spiro atoms. The fourth-order valence-corrected chi connectivity index (χ4v) is 4.37. The van der Waals surface area contributed by atoms with Crippen molar-refractivity contribution in [2.75, 3.05) is 7.11 Å². The molecule has 1 rings (SSSR count). The van der Waals surface area contributed by atoms with Crippen LogP contribution >= 0.6 is 11.8 Å². The predicted molar refractivity (Wildman–Crippen MR) is 95.8 cm³/mol. The number of esters is 2. The molecule has 0 radical (unpaired) electrons. The summed E-state index contributed by atoms with van der Waals surface area (Å²) in [5, 5.41) is -0.224. The zero-order valence-electron chi connectivity index (χ0n) is 16.2. The normalized spacial score (nSPS) is 31.7. The number of hydrogen-bond acceptors (Lipinski definition) is 7. The molecule has 6 atom stereocenters. The van der Waals surface area contributed by atoms with E-state index in [4.69, 9.17) is 14.2 Å². The SMILES string of the molecule is CC[C@@H](C)[C@@H](OC(C)=O)C1O[C@@](SC(C)=O)(C(=O)OC)C[C@@H](C)[C@H]1C. The van der Waals surface area contributed by atoms with Crippen molar-refractivity contribution < 1.29 is 28.6 Å². The first-order chi connectivity index (χ1) is 11.6. The second kappa shape index (κ2) is 9.03. The molecule has 0 aliphatic carbocycles. The lowest BCUT2D eigenvalue weighted by Gasteiger charge is -2.47. The highest BCUT2D eigenvalue weighted by Gasteiger charge is 2.54. The van der Waals surface area contributed by atoms with Gasteiger partial charge in [0.2, 0.25) is 4.93 Å². The third kappa shape index (κ3) is 5.20. The number of thioether (sulfide) groups is 1.